The van der Waals surface area contributed by atoms with Crippen LogP contribution in [0.2, 0.25) is 5.02 Å². The van der Waals surface area contributed by atoms with Gasteiger partial charge in [-0.15, -0.1) is 11.8 Å². The monoisotopic (exact) mass is 274 g/mol. The van der Waals surface area contributed by atoms with Crippen molar-refractivity contribution in [1.82, 2.24) is 9.38 Å². The van der Waals surface area contributed by atoms with Gasteiger partial charge in [-0.1, -0.05) is 23.7 Å². The lowest BCUT2D eigenvalue weighted by Gasteiger charge is -1.98. The molecule has 0 saturated carbocycles. The highest BCUT2D eigenvalue weighted by molar-refractivity contribution is 7.98. The highest BCUT2D eigenvalue weighted by Crippen LogP contribution is 2.23. The Balaban J connectivity index is 2.07. The van der Waals surface area contributed by atoms with Crippen molar-refractivity contribution < 1.29 is 0 Å². The van der Waals surface area contributed by atoms with E-state index in [-0.39, 0.29) is 0 Å². The molecular weight excluding hydrogens is 264 g/mol. The Morgan fingerprint density at radius 1 is 1.06 bits per heavy atom. The van der Waals surface area contributed by atoms with E-state index in [2.05, 4.69) is 35.5 Å². The minimum absolute atomic E-state index is 0.712. The minimum Gasteiger partial charge on any atom is -0.305 e. The largest absolute Gasteiger partial charge is 0.305 e. The third-order valence-corrected chi connectivity index (χ3v) is 3.77. The van der Waals surface area contributed by atoms with Crippen LogP contribution in [-0.2, 0) is 0 Å². The number of nitrogens with zero attached hydrogens (tertiary/aromatic N) is 2. The first-order valence-electron chi connectivity index (χ1n) is 5.55. The van der Waals surface area contributed by atoms with Crippen LogP contribution in [0.4, 0.5) is 0 Å². The molecule has 2 nitrogen and oxygen atoms in total. The number of rotatable bonds is 2. The van der Waals surface area contributed by atoms with Crippen LogP contribution in [0, 0.1) is 0 Å². The highest BCUT2D eigenvalue weighted by atomic mass is 35.5. The molecule has 0 N–H and O–H groups in total. The van der Waals surface area contributed by atoms with Crippen LogP contribution < -0.4 is 0 Å². The second-order valence-electron chi connectivity index (χ2n) is 3.97. The van der Waals surface area contributed by atoms with Crippen LogP contribution >= 0.6 is 23.4 Å². The lowest BCUT2D eigenvalue weighted by Crippen LogP contribution is -1.79. The van der Waals surface area contributed by atoms with Crippen LogP contribution in [0.25, 0.3) is 16.9 Å². The lowest BCUT2D eigenvalue weighted by atomic mass is 10.2. The zero-order valence-electron chi connectivity index (χ0n) is 9.80. The maximum atomic E-state index is 5.96. The molecule has 0 aliphatic rings. The molecule has 0 spiro atoms. The molecular formula is C14H11ClN2S. The summed E-state index contributed by atoms with van der Waals surface area (Å²) in [7, 11) is 0. The Morgan fingerprint density at radius 2 is 1.83 bits per heavy atom. The summed E-state index contributed by atoms with van der Waals surface area (Å²) in [5, 5.41) is 0.712. The van der Waals surface area contributed by atoms with E-state index in [1.807, 2.05) is 28.9 Å². The molecule has 0 aliphatic carbocycles. The molecule has 0 radical (unpaired) electrons. The fourth-order valence-corrected chi connectivity index (χ4v) is 2.44. The maximum Gasteiger partial charge on any atom is 0.137 e. The molecule has 18 heavy (non-hydrogen) atoms. The van der Waals surface area contributed by atoms with Gasteiger partial charge in [0.1, 0.15) is 5.65 Å². The molecule has 0 saturated heterocycles. The molecule has 1 aromatic carbocycles. The summed E-state index contributed by atoms with van der Waals surface area (Å²) in [4.78, 5) is 5.83. The number of fused-ring (bicyclic) bond motifs is 1. The standard InChI is InChI=1S/C14H11ClN2S/c1-18-12-5-2-10(3-6-12)13-9-17-8-11(15)4-7-14(17)16-13/h2-9H,1H3. The molecule has 3 rings (SSSR count). The fourth-order valence-electron chi connectivity index (χ4n) is 1.87. The molecule has 0 aliphatic heterocycles. The molecule has 3 aromatic rings. The van der Waals surface area contributed by atoms with Crippen LogP contribution in [0.3, 0.4) is 0 Å². The van der Waals surface area contributed by atoms with E-state index < -0.39 is 0 Å². The number of hydrogen-bond acceptors (Lipinski definition) is 2. The summed E-state index contributed by atoms with van der Waals surface area (Å²) in [6, 6.07) is 12.2. The first kappa shape index (κ1) is 11.6. The van der Waals surface area contributed by atoms with Crippen molar-refractivity contribution in [2.75, 3.05) is 6.26 Å². The van der Waals surface area contributed by atoms with E-state index in [0.717, 1.165) is 16.9 Å². The summed E-state index contributed by atoms with van der Waals surface area (Å²) in [5.41, 5.74) is 2.99. The van der Waals surface area contributed by atoms with Gasteiger partial charge in [-0.3, -0.25) is 0 Å². The van der Waals surface area contributed by atoms with Crippen molar-refractivity contribution in [3.63, 3.8) is 0 Å². The summed E-state index contributed by atoms with van der Waals surface area (Å²) in [5.74, 6) is 0. The van der Waals surface area contributed by atoms with Gasteiger partial charge in [0, 0.05) is 22.9 Å². The SMILES string of the molecule is CSc1ccc(-c2cn3cc(Cl)ccc3n2)cc1. The zero-order valence-corrected chi connectivity index (χ0v) is 11.4. The van der Waals surface area contributed by atoms with Gasteiger partial charge >= 0.3 is 0 Å². The molecule has 90 valence electrons. The third kappa shape index (κ3) is 2.11. The smallest absolute Gasteiger partial charge is 0.137 e. The Bertz CT molecular complexity index is 689. The maximum absolute atomic E-state index is 5.96. The summed E-state index contributed by atoms with van der Waals surface area (Å²) in [6.07, 6.45) is 5.93. The van der Waals surface area contributed by atoms with Gasteiger partial charge in [-0.2, -0.15) is 0 Å². The number of halogens is 1. The van der Waals surface area contributed by atoms with Gasteiger partial charge in [0.2, 0.25) is 0 Å². The van der Waals surface area contributed by atoms with Crippen LogP contribution in [0.1, 0.15) is 0 Å². The molecule has 0 atom stereocenters. The van der Waals surface area contributed by atoms with Crippen molar-refractivity contribution in [2.24, 2.45) is 0 Å². The number of aromatic nitrogens is 2. The van der Waals surface area contributed by atoms with Gasteiger partial charge in [-0.25, -0.2) is 4.98 Å². The number of imidazole rings is 1. The predicted molar refractivity (Wildman–Crippen MR) is 77.4 cm³/mol. The van der Waals surface area contributed by atoms with Crippen LogP contribution in [0.5, 0.6) is 0 Å². The number of thioether (sulfide) groups is 1. The lowest BCUT2D eigenvalue weighted by molar-refractivity contribution is 1.19. The van der Waals surface area contributed by atoms with E-state index in [4.69, 9.17) is 11.6 Å². The molecule has 4 heteroatoms. The number of pyridine rings is 1. The van der Waals surface area contributed by atoms with E-state index in [0.29, 0.717) is 5.02 Å². The first-order chi connectivity index (χ1) is 8.76. The summed E-state index contributed by atoms with van der Waals surface area (Å²) < 4.78 is 1.94. The van der Waals surface area contributed by atoms with Crippen molar-refractivity contribution in [2.45, 2.75) is 4.90 Å². The highest BCUT2D eigenvalue weighted by Gasteiger charge is 2.04. The quantitative estimate of drug-likeness (QED) is 0.645. The third-order valence-electron chi connectivity index (χ3n) is 2.80. The summed E-state index contributed by atoms with van der Waals surface area (Å²) in [6.45, 7) is 0. The molecule has 2 heterocycles. The Kier molecular flexibility index (Phi) is 3.02. The summed E-state index contributed by atoms with van der Waals surface area (Å²) >= 11 is 7.70. The number of benzene rings is 1. The minimum atomic E-state index is 0.712. The van der Waals surface area contributed by atoms with Crippen LogP contribution in [0.15, 0.2) is 53.7 Å². The van der Waals surface area contributed by atoms with E-state index in [9.17, 15) is 0 Å². The average Bonchev–Trinajstić information content (AvgIpc) is 2.81. The average molecular weight is 275 g/mol. The zero-order chi connectivity index (χ0) is 12.5. The van der Waals surface area contributed by atoms with Gasteiger partial charge in [0.25, 0.3) is 0 Å². The molecule has 0 amide bonds. The van der Waals surface area contributed by atoms with Gasteiger partial charge < -0.3 is 4.40 Å². The second kappa shape index (κ2) is 4.67. The first-order valence-corrected chi connectivity index (χ1v) is 7.15. The van der Waals surface area contributed by atoms with Crippen LogP contribution in [-0.4, -0.2) is 15.6 Å². The molecule has 2 aromatic heterocycles. The molecule has 0 fully saturated rings. The van der Waals surface area contributed by atoms with Gasteiger partial charge in [0.05, 0.1) is 10.7 Å². The fraction of sp³-hybridized carbons (Fsp3) is 0.0714. The van der Waals surface area contributed by atoms with Crippen molar-refractivity contribution in [3.8, 4) is 11.3 Å². The Morgan fingerprint density at radius 3 is 2.56 bits per heavy atom. The number of hydrogen-bond donors (Lipinski definition) is 0. The van der Waals surface area contributed by atoms with Crippen molar-refractivity contribution in [3.05, 3.63) is 53.8 Å². The molecule has 0 bridgehead atoms. The van der Waals surface area contributed by atoms with Gasteiger partial charge in [-0.05, 0) is 30.5 Å². The Labute approximate surface area is 115 Å². The van der Waals surface area contributed by atoms with E-state index in [1.54, 1.807) is 11.8 Å². The topological polar surface area (TPSA) is 17.3 Å². The van der Waals surface area contributed by atoms with Gasteiger partial charge in [0.15, 0.2) is 0 Å². The molecule has 0 unspecified atom stereocenters. The Hall–Kier alpha value is -1.45. The normalized spacial score (nSPS) is 11.0. The van der Waals surface area contributed by atoms with Crippen molar-refractivity contribution in [1.29, 1.82) is 0 Å². The van der Waals surface area contributed by atoms with Crippen molar-refractivity contribution >= 4 is 29.0 Å². The predicted octanol–water partition coefficient (Wildman–Crippen LogP) is 4.38. The second-order valence-corrected chi connectivity index (χ2v) is 5.28. The van der Waals surface area contributed by atoms with E-state index >= 15 is 0 Å². The van der Waals surface area contributed by atoms with E-state index in [1.165, 1.54) is 4.90 Å².